The van der Waals surface area contributed by atoms with E-state index < -0.39 is 29.2 Å². The Bertz CT molecular complexity index is 879. The molecule has 2 N–H and O–H groups in total. The van der Waals surface area contributed by atoms with Gasteiger partial charge in [0.05, 0.1) is 6.07 Å². The highest BCUT2D eigenvalue weighted by Crippen LogP contribution is 2.35. The molecule has 1 aromatic rings. The Hall–Kier alpha value is -2.69. The fourth-order valence-electron chi connectivity index (χ4n) is 4.02. The third kappa shape index (κ3) is 5.93. The van der Waals surface area contributed by atoms with Gasteiger partial charge in [-0.1, -0.05) is 17.7 Å². The highest BCUT2D eigenvalue weighted by molar-refractivity contribution is 5.88. The number of likely N-dealkylation sites (tertiary alicyclic amines) is 1. The van der Waals surface area contributed by atoms with Crippen LogP contribution < -0.4 is 10.6 Å². The second-order valence-electron chi connectivity index (χ2n) is 9.39. The molecule has 3 amide bonds. The lowest BCUT2D eigenvalue weighted by Gasteiger charge is -2.34. The van der Waals surface area contributed by atoms with Crippen molar-refractivity contribution in [2.75, 3.05) is 13.1 Å². The highest BCUT2D eigenvalue weighted by atomic mass is 19.1. The Morgan fingerprint density at radius 1 is 1.32 bits per heavy atom. The summed E-state index contributed by atoms with van der Waals surface area (Å²) < 4.78 is 28.5. The van der Waals surface area contributed by atoms with Gasteiger partial charge in [-0.15, -0.1) is 0 Å². The maximum absolute atomic E-state index is 14.3. The minimum absolute atomic E-state index is 0.0261. The van der Waals surface area contributed by atoms with Crippen LogP contribution in [-0.4, -0.2) is 47.2 Å². The second-order valence-corrected chi connectivity index (χ2v) is 9.39. The van der Waals surface area contributed by atoms with Gasteiger partial charge in [0.2, 0.25) is 5.91 Å². The molecular formula is C23H30F2N4O2. The lowest BCUT2D eigenvalue weighted by Crippen LogP contribution is -2.55. The summed E-state index contributed by atoms with van der Waals surface area (Å²) in [7, 11) is 0. The molecule has 2 aliphatic rings. The number of carbonyl (C=O) groups is 2. The summed E-state index contributed by atoms with van der Waals surface area (Å²) in [5.41, 5.74) is -0.904. The van der Waals surface area contributed by atoms with E-state index >= 15 is 0 Å². The van der Waals surface area contributed by atoms with E-state index in [0.717, 1.165) is 5.56 Å². The van der Waals surface area contributed by atoms with Crippen molar-refractivity contribution in [2.45, 2.75) is 76.0 Å². The van der Waals surface area contributed by atoms with Crippen LogP contribution >= 0.6 is 0 Å². The maximum atomic E-state index is 14.3. The van der Waals surface area contributed by atoms with Crippen molar-refractivity contribution in [3.05, 3.63) is 35.1 Å². The first-order valence-electron chi connectivity index (χ1n) is 10.8. The van der Waals surface area contributed by atoms with E-state index in [9.17, 15) is 23.6 Å². The Labute approximate surface area is 182 Å². The molecule has 1 unspecified atom stereocenters. The van der Waals surface area contributed by atoms with Crippen LogP contribution in [0.4, 0.5) is 13.6 Å². The second kappa shape index (κ2) is 8.81. The smallest absolute Gasteiger partial charge is 0.318 e. The number of nitrogens with one attached hydrogen (secondary N) is 2. The van der Waals surface area contributed by atoms with E-state index in [1.807, 2.05) is 13.0 Å². The molecule has 168 valence electrons. The molecule has 1 aromatic carbocycles. The number of halogens is 2. The predicted octanol–water partition coefficient (Wildman–Crippen LogP) is 3.70. The average Bonchev–Trinajstić information content (AvgIpc) is 3.48. The number of aryl methyl sites for hydroxylation is 1. The monoisotopic (exact) mass is 432 g/mol. The summed E-state index contributed by atoms with van der Waals surface area (Å²) in [6.07, 6.45) is 2.13. The number of alkyl halides is 1. The minimum Gasteiger partial charge on any atom is -0.336 e. The molecule has 31 heavy (non-hydrogen) atoms. The third-order valence-corrected chi connectivity index (χ3v) is 6.00. The van der Waals surface area contributed by atoms with Crippen molar-refractivity contribution in [2.24, 2.45) is 0 Å². The molecule has 1 saturated carbocycles. The number of nitriles is 1. The molecule has 8 heteroatoms. The number of hydrogen-bond acceptors (Lipinski definition) is 3. The van der Waals surface area contributed by atoms with E-state index in [-0.39, 0.29) is 18.2 Å². The topological polar surface area (TPSA) is 85.2 Å². The molecule has 0 aromatic heterocycles. The van der Waals surface area contributed by atoms with Crippen LogP contribution in [0, 0.1) is 24.1 Å². The molecule has 1 heterocycles. The number of carbonyl (C=O) groups excluding carboxylic acids is 2. The van der Waals surface area contributed by atoms with Crippen LogP contribution in [0.3, 0.4) is 0 Å². The van der Waals surface area contributed by atoms with Gasteiger partial charge in [-0.05, 0) is 64.0 Å². The summed E-state index contributed by atoms with van der Waals surface area (Å²) in [5.74, 6) is -0.755. The predicted molar refractivity (Wildman–Crippen MR) is 113 cm³/mol. The molecule has 6 nitrogen and oxygen atoms in total. The summed E-state index contributed by atoms with van der Waals surface area (Å²) in [5, 5.41) is 14.5. The summed E-state index contributed by atoms with van der Waals surface area (Å²) >= 11 is 0. The number of urea groups is 1. The largest absolute Gasteiger partial charge is 0.336 e. The van der Waals surface area contributed by atoms with Gasteiger partial charge in [0.1, 0.15) is 23.1 Å². The number of piperidine rings is 1. The molecule has 3 rings (SSSR count). The van der Waals surface area contributed by atoms with Gasteiger partial charge in [-0.25, -0.2) is 13.6 Å². The van der Waals surface area contributed by atoms with Crippen LogP contribution in [0.5, 0.6) is 0 Å². The van der Waals surface area contributed by atoms with Gasteiger partial charge >= 0.3 is 6.03 Å². The van der Waals surface area contributed by atoms with Crippen molar-refractivity contribution in [3.63, 3.8) is 0 Å². The van der Waals surface area contributed by atoms with Gasteiger partial charge in [-0.2, -0.15) is 5.26 Å². The number of nitrogens with zero attached hydrogens (tertiary/aromatic N) is 2. The van der Waals surface area contributed by atoms with Crippen molar-refractivity contribution in [1.82, 2.24) is 15.5 Å². The quantitative estimate of drug-likeness (QED) is 0.719. The van der Waals surface area contributed by atoms with Crippen LogP contribution in [0.2, 0.25) is 0 Å². The fourth-order valence-corrected chi connectivity index (χ4v) is 4.02. The Morgan fingerprint density at radius 2 is 1.97 bits per heavy atom. The molecule has 1 aliphatic carbocycles. The molecule has 1 aliphatic heterocycles. The first-order chi connectivity index (χ1) is 14.5. The zero-order valence-electron chi connectivity index (χ0n) is 18.3. The van der Waals surface area contributed by atoms with E-state index in [2.05, 4.69) is 16.7 Å². The summed E-state index contributed by atoms with van der Waals surface area (Å²) in [6, 6.07) is 5.59. The number of amides is 3. The standard InChI is InChI=1S/C23H30F2N4O2/c1-15-4-5-18(24)17(12-15)16-6-10-29(11-7-16)21(31)27-19(13-22(2,3)25)20(30)28-23(14-26)8-9-23/h4-5,12,16,19H,6-11,13H2,1-3H3,(H,27,31)(H,28,30). The normalized spacial score (nSPS) is 19.3. The molecule has 0 bridgehead atoms. The fraction of sp³-hybridized carbons (Fsp3) is 0.609. The van der Waals surface area contributed by atoms with Gasteiger partial charge in [0.15, 0.2) is 0 Å². The molecule has 1 atom stereocenters. The van der Waals surface area contributed by atoms with Crippen molar-refractivity contribution >= 4 is 11.9 Å². The van der Waals surface area contributed by atoms with Gasteiger partial charge < -0.3 is 15.5 Å². The van der Waals surface area contributed by atoms with E-state index in [4.69, 9.17) is 0 Å². The van der Waals surface area contributed by atoms with Crippen LogP contribution in [0.15, 0.2) is 18.2 Å². The first kappa shape index (κ1) is 23.0. The Balaban J connectivity index is 1.61. The molecule has 1 saturated heterocycles. The van der Waals surface area contributed by atoms with E-state index in [1.54, 1.807) is 11.0 Å². The average molecular weight is 433 g/mol. The zero-order chi connectivity index (χ0) is 22.8. The highest BCUT2D eigenvalue weighted by Gasteiger charge is 2.46. The molecule has 2 fully saturated rings. The van der Waals surface area contributed by atoms with E-state index in [1.165, 1.54) is 19.9 Å². The third-order valence-electron chi connectivity index (χ3n) is 6.00. The number of benzene rings is 1. The SMILES string of the molecule is Cc1ccc(F)c(C2CCN(C(=O)NC(CC(C)(C)F)C(=O)NC3(C#N)CC3)CC2)c1. The van der Waals surface area contributed by atoms with Crippen molar-refractivity contribution < 1.29 is 18.4 Å². The Kier molecular flexibility index (Phi) is 6.54. The molecule has 0 radical (unpaired) electrons. The van der Waals surface area contributed by atoms with Crippen molar-refractivity contribution in [3.8, 4) is 6.07 Å². The molecular weight excluding hydrogens is 402 g/mol. The lowest BCUT2D eigenvalue weighted by atomic mass is 9.88. The number of rotatable bonds is 6. The summed E-state index contributed by atoms with van der Waals surface area (Å²) in [4.78, 5) is 27.0. The van der Waals surface area contributed by atoms with Gasteiger partial charge in [0.25, 0.3) is 0 Å². The van der Waals surface area contributed by atoms with Gasteiger partial charge in [-0.3, -0.25) is 4.79 Å². The first-order valence-corrected chi connectivity index (χ1v) is 10.8. The lowest BCUT2D eigenvalue weighted by molar-refractivity contribution is -0.124. The van der Waals surface area contributed by atoms with E-state index in [0.29, 0.717) is 44.3 Å². The summed E-state index contributed by atoms with van der Waals surface area (Å²) in [6.45, 7) is 5.44. The number of hydrogen-bond donors (Lipinski definition) is 2. The Morgan fingerprint density at radius 3 is 2.52 bits per heavy atom. The van der Waals surface area contributed by atoms with Crippen LogP contribution in [0.1, 0.15) is 63.0 Å². The maximum Gasteiger partial charge on any atom is 0.318 e. The zero-order valence-corrected chi connectivity index (χ0v) is 18.3. The van der Waals surface area contributed by atoms with Crippen molar-refractivity contribution in [1.29, 1.82) is 5.26 Å². The van der Waals surface area contributed by atoms with Crippen LogP contribution in [0.25, 0.3) is 0 Å². The van der Waals surface area contributed by atoms with Crippen LogP contribution in [-0.2, 0) is 4.79 Å². The minimum atomic E-state index is -1.67. The molecule has 0 spiro atoms. The van der Waals surface area contributed by atoms with Gasteiger partial charge in [0, 0.05) is 19.5 Å².